The van der Waals surface area contributed by atoms with Crippen molar-refractivity contribution in [3.63, 3.8) is 0 Å². The maximum absolute atomic E-state index is 5.27. The molecule has 0 aromatic carbocycles. The summed E-state index contributed by atoms with van der Waals surface area (Å²) in [6.45, 7) is 0. The molecule has 0 bridgehead atoms. The van der Waals surface area contributed by atoms with Crippen molar-refractivity contribution in [2.75, 3.05) is 18.6 Å². The van der Waals surface area contributed by atoms with Gasteiger partial charge in [-0.15, -0.1) is 10.2 Å². The summed E-state index contributed by atoms with van der Waals surface area (Å²) in [5.41, 5.74) is 0.817. The number of hydrogen-bond acceptors (Lipinski definition) is 4. The van der Waals surface area contributed by atoms with Crippen LogP contribution in [-0.4, -0.2) is 33.2 Å². The minimum atomic E-state index is 0.534. The molecule has 16 heavy (non-hydrogen) atoms. The fourth-order valence-corrected chi connectivity index (χ4v) is 3.30. The lowest BCUT2D eigenvalue weighted by atomic mass is 10.1. The normalized spacial score (nSPS) is 20.4. The third kappa shape index (κ3) is 1.46. The van der Waals surface area contributed by atoms with Gasteiger partial charge in [0.15, 0.2) is 5.75 Å². The van der Waals surface area contributed by atoms with Crippen molar-refractivity contribution in [1.29, 1.82) is 0 Å². The molecule has 0 amide bonds. The van der Waals surface area contributed by atoms with Crippen molar-refractivity contribution in [1.82, 2.24) is 14.6 Å². The molecular weight excluding hydrogens is 222 g/mol. The minimum absolute atomic E-state index is 0.534. The highest BCUT2D eigenvalue weighted by Gasteiger charge is 2.23. The maximum atomic E-state index is 5.27. The summed E-state index contributed by atoms with van der Waals surface area (Å²) in [6.07, 6.45) is 3.21. The zero-order valence-electron chi connectivity index (χ0n) is 9.09. The zero-order valence-corrected chi connectivity index (χ0v) is 9.91. The van der Waals surface area contributed by atoms with E-state index in [1.165, 1.54) is 12.2 Å². The Labute approximate surface area is 98.0 Å². The monoisotopic (exact) mass is 235 g/mol. The zero-order chi connectivity index (χ0) is 11.0. The molecule has 4 nitrogen and oxygen atoms in total. The Morgan fingerprint density at radius 1 is 1.50 bits per heavy atom. The summed E-state index contributed by atoms with van der Waals surface area (Å²) in [6, 6.07) is 3.89. The molecule has 1 saturated heterocycles. The molecule has 84 valence electrons. The van der Waals surface area contributed by atoms with Crippen LogP contribution in [-0.2, 0) is 0 Å². The van der Waals surface area contributed by atoms with E-state index in [9.17, 15) is 0 Å². The predicted octanol–water partition coefficient (Wildman–Crippen LogP) is 1.96. The van der Waals surface area contributed by atoms with E-state index in [-0.39, 0.29) is 0 Å². The van der Waals surface area contributed by atoms with Gasteiger partial charge in [0.1, 0.15) is 5.82 Å². The summed E-state index contributed by atoms with van der Waals surface area (Å²) >= 11 is 1.99. The second-order valence-electron chi connectivity index (χ2n) is 3.89. The van der Waals surface area contributed by atoms with E-state index in [0.29, 0.717) is 5.92 Å². The van der Waals surface area contributed by atoms with Crippen LogP contribution in [0.5, 0.6) is 5.75 Å². The van der Waals surface area contributed by atoms with Gasteiger partial charge in [0.05, 0.1) is 7.11 Å². The van der Waals surface area contributed by atoms with Crippen molar-refractivity contribution < 1.29 is 4.74 Å². The average molecular weight is 235 g/mol. The fourth-order valence-electron chi connectivity index (χ4n) is 2.09. The summed E-state index contributed by atoms with van der Waals surface area (Å²) < 4.78 is 7.33. The maximum Gasteiger partial charge on any atom is 0.203 e. The predicted molar refractivity (Wildman–Crippen MR) is 64.2 cm³/mol. The Balaban J connectivity index is 2.12. The minimum Gasteiger partial charge on any atom is -0.493 e. The summed E-state index contributed by atoms with van der Waals surface area (Å²) in [4.78, 5) is 0. The van der Waals surface area contributed by atoms with Crippen LogP contribution in [0.2, 0.25) is 0 Å². The second-order valence-corrected chi connectivity index (χ2v) is 5.04. The van der Waals surface area contributed by atoms with E-state index < -0.39 is 0 Å². The number of hydrogen-bond donors (Lipinski definition) is 0. The van der Waals surface area contributed by atoms with Crippen LogP contribution in [0.4, 0.5) is 0 Å². The number of nitrogens with zero attached hydrogens (tertiary/aromatic N) is 3. The summed E-state index contributed by atoms with van der Waals surface area (Å²) in [5.74, 6) is 4.76. The molecule has 0 aliphatic carbocycles. The van der Waals surface area contributed by atoms with Crippen LogP contribution < -0.4 is 4.74 Å². The number of ether oxygens (including phenoxy) is 1. The first-order chi connectivity index (χ1) is 7.90. The molecule has 2 aromatic heterocycles. The Morgan fingerprint density at radius 3 is 3.19 bits per heavy atom. The average Bonchev–Trinajstić information content (AvgIpc) is 2.96. The molecule has 1 aliphatic rings. The van der Waals surface area contributed by atoms with Crippen LogP contribution in [0.25, 0.3) is 5.65 Å². The van der Waals surface area contributed by atoms with Crippen LogP contribution in [0.1, 0.15) is 18.2 Å². The first-order valence-corrected chi connectivity index (χ1v) is 6.51. The Kier molecular flexibility index (Phi) is 2.47. The van der Waals surface area contributed by atoms with Gasteiger partial charge in [-0.1, -0.05) is 0 Å². The van der Waals surface area contributed by atoms with Crippen molar-refractivity contribution >= 4 is 17.4 Å². The van der Waals surface area contributed by atoms with Gasteiger partial charge in [0, 0.05) is 17.9 Å². The molecule has 2 aromatic rings. The fraction of sp³-hybridized carbons (Fsp3) is 0.455. The van der Waals surface area contributed by atoms with Crippen molar-refractivity contribution in [2.24, 2.45) is 0 Å². The Morgan fingerprint density at radius 2 is 2.44 bits per heavy atom. The first-order valence-electron chi connectivity index (χ1n) is 5.35. The summed E-state index contributed by atoms with van der Waals surface area (Å²) in [5, 5.41) is 8.52. The third-order valence-corrected chi connectivity index (χ3v) is 4.10. The van der Waals surface area contributed by atoms with E-state index in [1.807, 2.05) is 30.1 Å². The molecular formula is C11H13N3OS. The SMILES string of the molecule is COc1cccn2c(C3CCSC3)nnc12. The highest BCUT2D eigenvalue weighted by atomic mass is 32.2. The number of thioether (sulfide) groups is 1. The standard InChI is InChI=1S/C11H13N3OS/c1-15-9-3-2-5-14-10(12-13-11(9)14)8-4-6-16-7-8/h2-3,5,8H,4,6-7H2,1H3. The Hall–Kier alpha value is -1.23. The van der Waals surface area contributed by atoms with Gasteiger partial charge in [-0.3, -0.25) is 4.40 Å². The van der Waals surface area contributed by atoms with Crippen LogP contribution in [0, 0.1) is 0 Å². The quantitative estimate of drug-likeness (QED) is 0.797. The van der Waals surface area contributed by atoms with Gasteiger partial charge >= 0.3 is 0 Å². The van der Waals surface area contributed by atoms with Gasteiger partial charge in [0.2, 0.25) is 5.65 Å². The lowest BCUT2D eigenvalue weighted by molar-refractivity contribution is 0.416. The van der Waals surface area contributed by atoms with E-state index in [1.54, 1.807) is 7.11 Å². The number of aromatic nitrogens is 3. The number of fused-ring (bicyclic) bond motifs is 1. The molecule has 0 N–H and O–H groups in total. The molecule has 0 spiro atoms. The van der Waals surface area contributed by atoms with Crippen molar-refractivity contribution in [2.45, 2.75) is 12.3 Å². The number of methoxy groups -OCH3 is 1. The number of rotatable bonds is 2. The molecule has 3 rings (SSSR count). The highest BCUT2D eigenvalue weighted by molar-refractivity contribution is 7.99. The lowest BCUT2D eigenvalue weighted by Crippen LogP contribution is -2.03. The molecule has 5 heteroatoms. The van der Waals surface area contributed by atoms with Gasteiger partial charge in [-0.05, 0) is 24.3 Å². The van der Waals surface area contributed by atoms with Crippen LogP contribution >= 0.6 is 11.8 Å². The molecule has 1 aliphatic heterocycles. The molecule has 0 saturated carbocycles. The van der Waals surface area contributed by atoms with Gasteiger partial charge in [-0.25, -0.2) is 0 Å². The van der Waals surface area contributed by atoms with Crippen molar-refractivity contribution in [3.05, 3.63) is 24.2 Å². The molecule has 1 fully saturated rings. The molecule has 0 radical (unpaired) electrons. The smallest absolute Gasteiger partial charge is 0.203 e. The molecule has 3 heterocycles. The molecule has 1 unspecified atom stereocenters. The second kappa shape index (κ2) is 3.97. The van der Waals surface area contributed by atoms with E-state index in [4.69, 9.17) is 4.74 Å². The van der Waals surface area contributed by atoms with Gasteiger partial charge < -0.3 is 4.74 Å². The Bertz CT molecular complexity index is 505. The topological polar surface area (TPSA) is 39.4 Å². The van der Waals surface area contributed by atoms with Crippen molar-refractivity contribution in [3.8, 4) is 5.75 Å². The molecule has 1 atom stereocenters. The van der Waals surface area contributed by atoms with E-state index >= 15 is 0 Å². The van der Waals surface area contributed by atoms with Gasteiger partial charge in [0.25, 0.3) is 0 Å². The van der Waals surface area contributed by atoms with E-state index in [0.717, 1.165) is 23.0 Å². The highest BCUT2D eigenvalue weighted by Crippen LogP contribution is 2.32. The number of pyridine rings is 1. The lowest BCUT2D eigenvalue weighted by Gasteiger charge is -2.06. The van der Waals surface area contributed by atoms with Crippen LogP contribution in [0.3, 0.4) is 0 Å². The van der Waals surface area contributed by atoms with Gasteiger partial charge in [-0.2, -0.15) is 11.8 Å². The van der Waals surface area contributed by atoms with Crippen LogP contribution in [0.15, 0.2) is 18.3 Å². The largest absolute Gasteiger partial charge is 0.493 e. The third-order valence-electron chi connectivity index (χ3n) is 2.94. The summed E-state index contributed by atoms with van der Waals surface area (Å²) in [7, 11) is 1.66. The first kappa shape index (κ1) is 9.96. The van der Waals surface area contributed by atoms with E-state index in [2.05, 4.69) is 14.6 Å².